The predicted octanol–water partition coefficient (Wildman–Crippen LogP) is 3.30. The number of hydrogen-bond acceptors (Lipinski definition) is 2. The summed E-state index contributed by atoms with van der Waals surface area (Å²) in [5.74, 6) is 0.183. The summed E-state index contributed by atoms with van der Waals surface area (Å²) in [5, 5.41) is 8.04. The van der Waals surface area contributed by atoms with Crippen molar-refractivity contribution in [3.05, 3.63) is 52.9 Å². The van der Waals surface area contributed by atoms with Gasteiger partial charge in [0.05, 0.1) is 10.2 Å². The van der Waals surface area contributed by atoms with E-state index in [2.05, 4.69) is 26.1 Å². The second kappa shape index (κ2) is 3.92. The van der Waals surface area contributed by atoms with Crippen molar-refractivity contribution < 1.29 is 4.39 Å². The van der Waals surface area contributed by atoms with E-state index in [0.29, 0.717) is 17.0 Å². The van der Waals surface area contributed by atoms with E-state index in [9.17, 15) is 4.39 Å². The molecule has 0 atom stereocenters. The minimum Gasteiger partial charge on any atom is -0.269 e. The lowest BCUT2D eigenvalue weighted by atomic mass is 10.2. The second-order valence-electron chi connectivity index (χ2n) is 3.55. The van der Waals surface area contributed by atoms with Gasteiger partial charge in [-0.3, -0.25) is 4.40 Å². The van der Waals surface area contributed by atoms with E-state index in [-0.39, 0.29) is 5.82 Å². The van der Waals surface area contributed by atoms with Crippen LogP contribution in [0.3, 0.4) is 0 Å². The lowest BCUT2D eigenvalue weighted by Gasteiger charge is -2.03. The number of aromatic nitrogens is 3. The second-order valence-corrected chi connectivity index (χ2v) is 4.36. The third kappa shape index (κ3) is 1.63. The molecule has 0 spiro atoms. The molecule has 0 aliphatic carbocycles. The van der Waals surface area contributed by atoms with Crippen molar-refractivity contribution in [1.29, 1.82) is 0 Å². The van der Waals surface area contributed by atoms with Crippen LogP contribution in [0.4, 0.5) is 4.39 Å². The lowest BCUT2D eigenvalue weighted by Crippen LogP contribution is -1.93. The van der Waals surface area contributed by atoms with Crippen molar-refractivity contribution in [3.63, 3.8) is 0 Å². The quantitative estimate of drug-likeness (QED) is 0.644. The summed E-state index contributed by atoms with van der Waals surface area (Å²) in [4.78, 5) is 0. The smallest absolute Gasteiger partial charge is 0.172 e. The maximum atomic E-state index is 13.7. The highest BCUT2D eigenvalue weighted by Crippen LogP contribution is 2.24. The van der Waals surface area contributed by atoms with Crippen molar-refractivity contribution in [2.24, 2.45) is 0 Å². The highest BCUT2D eigenvalue weighted by atomic mass is 79.9. The molecule has 3 rings (SSSR count). The van der Waals surface area contributed by atoms with Crippen LogP contribution in [0.2, 0.25) is 0 Å². The number of nitrogens with zero attached hydrogens (tertiary/aromatic N) is 3. The van der Waals surface area contributed by atoms with Crippen LogP contribution < -0.4 is 0 Å². The van der Waals surface area contributed by atoms with Crippen LogP contribution in [-0.4, -0.2) is 14.6 Å². The maximum absolute atomic E-state index is 13.7. The fourth-order valence-corrected chi connectivity index (χ4v) is 2.22. The molecule has 3 aromatic rings. The Morgan fingerprint density at radius 3 is 2.65 bits per heavy atom. The molecule has 0 unspecified atom stereocenters. The first kappa shape index (κ1) is 10.4. The topological polar surface area (TPSA) is 30.2 Å². The summed E-state index contributed by atoms with van der Waals surface area (Å²) < 4.78 is 16.3. The SMILES string of the molecule is Fc1ccccc1-c1nnc2cccc(Br)n12. The molecule has 0 N–H and O–H groups in total. The van der Waals surface area contributed by atoms with Gasteiger partial charge in [-0.15, -0.1) is 10.2 Å². The molecule has 0 aliphatic rings. The Bertz CT molecular complexity index is 693. The zero-order valence-corrected chi connectivity index (χ0v) is 10.2. The van der Waals surface area contributed by atoms with E-state index in [1.54, 1.807) is 22.6 Å². The number of rotatable bonds is 1. The standard InChI is InChI=1S/C12H7BrFN3/c13-10-6-3-7-11-15-16-12(17(10)11)8-4-1-2-5-9(8)14/h1-7H. The zero-order valence-electron chi connectivity index (χ0n) is 8.64. The first-order valence-corrected chi connectivity index (χ1v) is 5.81. The molecule has 0 radical (unpaired) electrons. The minimum absolute atomic E-state index is 0.308. The third-order valence-corrected chi connectivity index (χ3v) is 3.11. The van der Waals surface area contributed by atoms with Gasteiger partial charge in [0.15, 0.2) is 11.5 Å². The molecular weight excluding hydrogens is 285 g/mol. The summed E-state index contributed by atoms with van der Waals surface area (Å²) in [6, 6.07) is 12.1. The Labute approximate surface area is 105 Å². The summed E-state index contributed by atoms with van der Waals surface area (Å²) in [7, 11) is 0. The Balaban J connectivity index is 2.36. The monoisotopic (exact) mass is 291 g/mol. The van der Waals surface area contributed by atoms with Crippen molar-refractivity contribution >= 4 is 21.6 Å². The van der Waals surface area contributed by atoms with Crippen molar-refractivity contribution in [2.45, 2.75) is 0 Å². The zero-order chi connectivity index (χ0) is 11.8. The Kier molecular flexibility index (Phi) is 2.40. The number of fused-ring (bicyclic) bond motifs is 1. The molecule has 3 nitrogen and oxygen atoms in total. The maximum Gasteiger partial charge on any atom is 0.172 e. The lowest BCUT2D eigenvalue weighted by molar-refractivity contribution is 0.629. The van der Waals surface area contributed by atoms with Crippen LogP contribution in [0, 0.1) is 5.82 Å². The Hall–Kier alpha value is -1.75. The van der Waals surface area contributed by atoms with E-state index in [1.807, 2.05) is 18.2 Å². The molecule has 0 amide bonds. The van der Waals surface area contributed by atoms with Gasteiger partial charge in [0.2, 0.25) is 0 Å². The normalized spacial score (nSPS) is 10.9. The van der Waals surface area contributed by atoms with E-state index >= 15 is 0 Å². The van der Waals surface area contributed by atoms with Crippen LogP contribution >= 0.6 is 15.9 Å². The molecule has 0 saturated heterocycles. The first-order valence-electron chi connectivity index (χ1n) is 5.02. The van der Waals surface area contributed by atoms with Crippen LogP contribution in [0.5, 0.6) is 0 Å². The van der Waals surface area contributed by atoms with E-state index in [1.165, 1.54) is 6.07 Å². The van der Waals surface area contributed by atoms with Crippen molar-refractivity contribution in [3.8, 4) is 11.4 Å². The largest absolute Gasteiger partial charge is 0.269 e. The summed E-state index contributed by atoms with van der Waals surface area (Å²) >= 11 is 3.41. The Morgan fingerprint density at radius 1 is 1.00 bits per heavy atom. The third-order valence-electron chi connectivity index (χ3n) is 2.50. The van der Waals surface area contributed by atoms with Gasteiger partial charge in [-0.05, 0) is 40.2 Å². The highest BCUT2D eigenvalue weighted by molar-refractivity contribution is 9.10. The van der Waals surface area contributed by atoms with Gasteiger partial charge in [-0.2, -0.15) is 0 Å². The first-order chi connectivity index (χ1) is 8.27. The summed E-state index contributed by atoms with van der Waals surface area (Å²) in [5.41, 5.74) is 1.12. The fourth-order valence-electron chi connectivity index (χ4n) is 1.72. The number of hydrogen-bond donors (Lipinski definition) is 0. The number of pyridine rings is 1. The van der Waals surface area contributed by atoms with E-state index in [4.69, 9.17) is 0 Å². The van der Waals surface area contributed by atoms with E-state index in [0.717, 1.165) is 4.60 Å². The van der Waals surface area contributed by atoms with Gasteiger partial charge in [0.25, 0.3) is 0 Å². The van der Waals surface area contributed by atoms with Crippen LogP contribution in [0.15, 0.2) is 47.1 Å². The molecule has 5 heteroatoms. The molecule has 1 aromatic carbocycles. The molecule has 84 valence electrons. The number of benzene rings is 1. The van der Waals surface area contributed by atoms with Gasteiger partial charge < -0.3 is 0 Å². The summed E-state index contributed by atoms with van der Waals surface area (Å²) in [6.45, 7) is 0. The molecule has 0 fully saturated rings. The van der Waals surface area contributed by atoms with Crippen molar-refractivity contribution in [2.75, 3.05) is 0 Å². The van der Waals surface area contributed by atoms with Crippen molar-refractivity contribution in [1.82, 2.24) is 14.6 Å². The molecule has 0 saturated carbocycles. The fraction of sp³-hybridized carbons (Fsp3) is 0. The molecule has 0 bridgehead atoms. The van der Waals surface area contributed by atoms with Gasteiger partial charge >= 0.3 is 0 Å². The predicted molar refractivity (Wildman–Crippen MR) is 66.1 cm³/mol. The minimum atomic E-state index is -0.308. The van der Waals surface area contributed by atoms with Crippen LogP contribution in [0.25, 0.3) is 17.0 Å². The number of halogens is 2. The molecule has 2 aromatic heterocycles. The average molecular weight is 292 g/mol. The highest BCUT2D eigenvalue weighted by Gasteiger charge is 2.13. The van der Waals surface area contributed by atoms with Gasteiger partial charge in [0.1, 0.15) is 5.82 Å². The average Bonchev–Trinajstić information content (AvgIpc) is 2.75. The summed E-state index contributed by atoms with van der Waals surface area (Å²) in [6.07, 6.45) is 0. The molecule has 17 heavy (non-hydrogen) atoms. The van der Waals surface area contributed by atoms with Gasteiger partial charge in [0, 0.05) is 0 Å². The molecule has 2 heterocycles. The molecule has 0 aliphatic heterocycles. The van der Waals surface area contributed by atoms with Gasteiger partial charge in [-0.25, -0.2) is 4.39 Å². The van der Waals surface area contributed by atoms with Crippen LogP contribution in [0.1, 0.15) is 0 Å². The Morgan fingerprint density at radius 2 is 1.82 bits per heavy atom. The van der Waals surface area contributed by atoms with Gasteiger partial charge in [-0.1, -0.05) is 18.2 Å². The van der Waals surface area contributed by atoms with Crippen LogP contribution in [-0.2, 0) is 0 Å². The van der Waals surface area contributed by atoms with E-state index < -0.39 is 0 Å². The molecular formula is C12H7BrFN3.